The summed E-state index contributed by atoms with van der Waals surface area (Å²) in [5, 5.41) is 10.0. The van der Waals surface area contributed by atoms with Crippen LogP contribution in [-0.2, 0) is 39.0 Å². The first-order chi connectivity index (χ1) is 20.2. The van der Waals surface area contributed by atoms with Crippen molar-refractivity contribution in [3.05, 3.63) is 40.3 Å². The molecule has 3 heterocycles. The minimum absolute atomic E-state index is 0.217. The van der Waals surface area contributed by atoms with Crippen LogP contribution in [0.25, 0.3) is 16.7 Å². The van der Waals surface area contributed by atoms with Crippen LogP contribution in [0.1, 0.15) is 38.6 Å². The minimum Gasteiger partial charge on any atom is -0.444 e. The van der Waals surface area contributed by atoms with Crippen LogP contribution in [0.4, 0.5) is 10.7 Å². The van der Waals surface area contributed by atoms with E-state index < -0.39 is 30.3 Å². The van der Waals surface area contributed by atoms with Crippen LogP contribution in [0.2, 0.25) is 19.1 Å². The summed E-state index contributed by atoms with van der Waals surface area (Å²) in [6.45, 7) is 11.7. The smallest absolute Gasteiger partial charge is 0.407 e. The van der Waals surface area contributed by atoms with E-state index in [1.165, 1.54) is 10.7 Å². The number of anilines is 1. The maximum Gasteiger partial charge on any atom is 0.407 e. The number of sulfone groups is 1. The second-order valence-corrected chi connectivity index (χ2v) is 17.8. The highest BCUT2D eigenvalue weighted by atomic mass is 79.9. The number of aromatic nitrogens is 6. The van der Waals surface area contributed by atoms with Gasteiger partial charge in [0, 0.05) is 28.2 Å². The molecule has 234 valence electrons. The first-order valence-electron chi connectivity index (χ1n) is 14.1. The number of ether oxygens (including phenoxy) is 2. The third kappa shape index (κ3) is 8.74. The molecule has 4 aromatic rings. The number of amides is 1. The Kier molecular flexibility index (Phi) is 10.5. The molecule has 4 rings (SSSR count). The van der Waals surface area contributed by atoms with E-state index in [2.05, 4.69) is 60.8 Å². The molecular formula is C27H39BrN8O5SSi. The molecule has 0 saturated carbocycles. The lowest BCUT2D eigenvalue weighted by atomic mass is 10.1. The van der Waals surface area contributed by atoms with Crippen LogP contribution in [0.5, 0.6) is 0 Å². The molecule has 0 saturated heterocycles. The third-order valence-electron chi connectivity index (χ3n) is 6.32. The van der Waals surface area contributed by atoms with Crippen LogP contribution in [0, 0.1) is 0 Å². The van der Waals surface area contributed by atoms with Gasteiger partial charge in [0.2, 0.25) is 15.8 Å². The van der Waals surface area contributed by atoms with Crippen molar-refractivity contribution in [3.8, 4) is 0 Å². The fourth-order valence-corrected chi connectivity index (χ4v) is 5.80. The largest absolute Gasteiger partial charge is 0.444 e. The molecule has 0 spiro atoms. The summed E-state index contributed by atoms with van der Waals surface area (Å²) in [4.78, 5) is 25.4. The number of benzene rings is 1. The van der Waals surface area contributed by atoms with Crippen molar-refractivity contribution in [1.29, 1.82) is 0 Å². The van der Waals surface area contributed by atoms with Gasteiger partial charge in [-0.05, 0) is 67.2 Å². The number of alkyl carbamates (subject to hydrolysis) is 1. The predicted octanol–water partition coefficient (Wildman–Crippen LogP) is 4.17. The molecule has 0 unspecified atom stereocenters. The number of hydrogen-bond donors (Lipinski definition) is 2. The van der Waals surface area contributed by atoms with Gasteiger partial charge in [0.15, 0.2) is 5.65 Å². The van der Waals surface area contributed by atoms with Gasteiger partial charge >= 0.3 is 6.09 Å². The van der Waals surface area contributed by atoms with Gasteiger partial charge in [-0.3, -0.25) is 0 Å². The molecule has 0 atom stereocenters. The number of imidazole rings is 1. The van der Waals surface area contributed by atoms with Crippen molar-refractivity contribution in [1.82, 2.24) is 34.4 Å². The van der Waals surface area contributed by atoms with Gasteiger partial charge in [-0.25, -0.2) is 18.2 Å². The summed E-state index contributed by atoms with van der Waals surface area (Å²) in [6.07, 6.45) is 3.57. The Labute approximate surface area is 261 Å². The number of carbonyl (C=O) groups is 1. The topological polar surface area (TPSA) is 155 Å². The Morgan fingerprint density at radius 1 is 1.16 bits per heavy atom. The van der Waals surface area contributed by atoms with Crippen LogP contribution in [0.15, 0.2) is 34.0 Å². The lowest BCUT2D eigenvalue weighted by Crippen LogP contribution is -2.33. The van der Waals surface area contributed by atoms with Crippen molar-refractivity contribution in [2.24, 2.45) is 0 Å². The molecule has 0 aliphatic heterocycles. The number of aryl methyl sites for hydroxylation is 1. The molecule has 1 aromatic carbocycles. The maximum absolute atomic E-state index is 12.3. The zero-order valence-electron chi connectivity index (χ0n) is 25.3. The van der Waals surface area contributed by atoms with E-state index in [4.69, 9.17) is 14.5 Å². The van der Waals surface area contributed by atoms with Crippen molar-refractivity contribution >= 4 is 63.3 Å². The van der Waals surface area contributed by atoms with E-state index in [1.54, 1.807) is 0 Å². The SMILES string of the molecule is C[SiH](C)CCOCn1c(CNc2nc(S(C)(=O)=O)nc3c(Br)cnn23)nc2cccc(CCCNC(=O)OC(C)(C)C)c21. The predicted molar refractivity (Wildman–Crippen MR) is 171 cm³/mol. The average molecular weight is 696 g/mol. The Hall–Kier alpha value is -3.08. The normalized spacial score (nSPS) is 12.4. The van der Waals surface area contributed by atoms with Gasteiger partial charge in [-0.15, -0.1) is 0 Å². The van der Waals surface area contributed by atoms with Crippen LogP contribution >= 0.6 is 15.9 Å². The maximum atomic E-state index is 12.3. The molecule has 0 aliphatic carbocycles. The highest BCUT2D eigenvalue weighted by molar-refractivity contribution is 9.10. The van der Waals surface area contributed by atoms with Gasteiger partial charge in [-0.2, -0.15) is 19.6 Å². The molecule has 1 amide bonds. The van der Waals surface area contributed by atoms with Crippen molar-refractivity contribution < 1.29 is 22.7 Å². The number of nitrogens with one attached hydrogen (secondary N) is 2. The van der Waals surface area contributed by atoms with Crippen molar-refractivity contribution in [2.75, 3.05) is 24.7 Å². The number of fused-ring (bicyclic) bond motifs is 2. The highest BCUT2D eigenvalue weighted by Gasteiger charge is 2.20. The first kappa shape index (κ1) is 32.8. The fraction of sp³-hybridized carbons (Fsp3) is 0.519. The molecule has 16 heteroatoms. The molecule has 13 nitrogen and oxygen atoms in total. The molecule has 0 fully saturated rings. The number of para-hydroxylation sites is 1. The summed E-state index contributed by atoms with van der Waals surface area (Å²) in [5.41, 5.74) is 2.61. The molecule has 2 N–H and O–H groups in total. The fourth-order valence-electron chi connectivity index (χ4n) is 4.31. The number of hydrogen-bond acceptors (Lipinski definition) is 10. The van der Waals surface area contributed by atoms with Gasteiger partial charge < -0.3 is 24.7 Å². The van der Waals surface area contributed by atoms with Crippen molar-refractivity contribution in [2.45, 2.75) is 76.8 Å². The van der Waals surface area contributed by atoms with Gasteiger partial charge in [0.05, 0.1) is 28.2 Å². The third-order valence-corrected chi connectivity index (χ3v) is 9.12. The summed E-state index contributed by atoms with van der Waals surface area (Å²) in [7, 11) is -4.45. The van der Waals surface area contributed by atoms with E-state index in [0.717, 1.165) is 28.9 Å². The summed E-state index contributed by atoms with van der Waals surface area (Å²) in [5.74, 6) is 0.907. The lowest BCUT2D eigenvalue weighted by molar-refractivity contribution is 0.0527. The standard InChI is InChI=1S/C27H39BrN8O5SSi/c1-27(2,3)41-26(37)29-12-8-10-18-9-7-11-20-22(18)35(17-40-13-14-43(5)6)21(32-20)16-30-24-34-25(42(4,38)39)33-23-19(28)15-31-36(23)24/h7,9,11,15,43H,8,10,12-14,16-17H2,1-6H3,(H,29,37)(H,30,33,34). The number of rotatable bonds is 13. The Morgan fingerprint density at radius 2 is 1.93 bits per heavy atom. The zero-order valence-corrected chi connectivity index (χ0v) is 28.9. The summed E-state index contributed by atoms with van der Waals surface area (Å²) < 4.78 is 40.1. The highest BCUT2D eigenvalue weighted by Crippen LogP contribution is 2.24. The minimum atomic E-state index is -3.67. The number of nitrogens with zero attached hydrogens (tertiary/aromatic N) is 6. The molecule has 0 radical (unpaired) electrons. The Balaban J connectivity index is 1.60. The van der Waals surface area contributed by atoms with E-state index in [-0.39, 0.29) is 17.6 Å². The molecule has 0 aliphatic rings. The second kappa shape index (κ2) is 13.7. The monoisotopic (exact) mass is 694 g/mol. The molecule has 43 heavy (non-hydrogen) atoms. The zero-order chi connectivity index (χ0) is 31.4. The Morgan fingerprint density at radius 3 is 2.63 bits per heavy atom. The van der Waals surface area contributed by atoms with Gasteiger partial charge in [0.25, 0.3) is 5.16 Å². The van der Waals surface area contributed by atoms with E-state index in [9.17, 15) is 13.2 Å². The van der Waals surface area contributed by atoms with Crippen LogP contribution < -0.4 is 10.6 Å². The lowest BCUT2D eigenvalue weighted by Gasteiger charge is -2.19. The van der Waals surface area contributed by atoms with Crippen molar-refractivity contribution in [3.63, 3.8) is 0 Å². The van der Waals surface area contributed by atoms with Gasteiger partial charge in [-0.1, -0.05) is 25.2 Å². The van der Waals surface area contributed by atoms with Crippen LogP contribution in [-0.4, -0.2) is 77.4 Å². The van der Waals surface area contributed by atoms with E-state index >= 15 is 0 Å². The summed E-state index contributed by atoms with van der Waals surface area (Å²) in [6, 6.07) is 7.03. The average Bonchev–Trinajstić information content (AvgIpc) is 3.46. The van der Waals surface area contributed by atoms with E-state index in [1.807, 2.05) is 37.5 Å². The molecule has 0 bridgehead atoms. The summed E-state index contributed by atoms with van der Waals surface area (Å²) >= 11 is 3.38. The first-order valence-corrected chi connectivity index (χ1v) is 19.9. The molecule has 3 aromatic heterocycles. The quantitative estimate of drug-likeness (QED) is 0.154. The van der Waals surface area contributed by atoms with E-state index in [0.29, 0.717) is 48.7 Å². The van der Waals surface area contributed by atoms with Gasteiger partial charge in [0.1, 0.15) is 18.2 Å². The molecular weight excluding hydrogens is 656 g/mol. The number of halogens is 1. The van der Waals surface area contributed by atoms with Crippen LogP contribution in [0.3, 0.4) is 0 Å². The Bertz CT molecular complexity index is 1700. The number of carbonyl (C=O) groups excluding carboxylic acids is 1. The second-order valence-electron chi connectivity index (χ2n) is 11.7.